The molecule has 86 valence electrons. The highest BCUT2D eigenvalue weighted by Gasteiger charge is 2.09. The first kappa shape index (κ1) is 11.6. The van der Waals surface area contributed by atoms with Crippen LogP contribution < -0.4 is 11.1 Å². The standard InChI is InChI=1S/C12H10BrN3O/c13-9-3-1-2-4-10(9)16-12(17)11-7-8(14)5-6-15-11/h1-7H,(H2,14,15)(H,16,17). The van der Waals surface area contributed by atoms with E-state index in [1.54, 1.807) is 12.1 Å². The van der Waals surface area contributed by atoms with Crippen molar-refractivity contribution in [2.24, 2.45) is 0 Å². The molecule has 0 saturated carbocycles. The van der Waals surface area contributed by atoms with Gasteiger partial charge in [-0.15, -0.1) is 0 Å². The number of benzene rings is 1. The fourth-order valence-electron chi connectivity index (χ4n) is 1.32. The molecule has 0 unspecified atom stereocenters. The molecular weight excluding hydrogens is 282 g/mol. The molecule has 0 fully saturated rings. The minimum Gasteiger partial charge on any atom is -0.399 e. The first-order valence-corrected chi connectivity index (χ1v) is 5.73. The van der Waals surface area contributed by atoms with E-state index in [-0.39, 0.29) is 5.91 Å². The van der Waals surface area contributed by atoms with Crippen LogP contribution in [0.2, 0.25) is 0 Å². The molecule has 1 aromatic carbocycles. The van der Waals surface area contributed by atoms with Gasteiger partial charge in [-0.25, -0.2) is 0 Å². The first-order valence-electron chi connectivity index (χ1n) is 4.94. The van der Waals surface area contributed by atoms with E-state index in [0.717, 1.165) is 4.47 Å². The van der Waals surface area contributed by atoms with Crippen molar-refractivity contribution >= 4 is 33.2 Å². The Kier molecular flexibility index (Phi) is 3.39. The second kappa shape index (κ2) is 4.97. The van der Waals surface area contributed by atoms with Gasteiger partial charge >= 0.3 is 0 Å². The minimum absolute atomic E-state index is 0.288. The molecule has 1 amide bonds. The molecule has 4 nitrogen and oxygen atoms in total. The van der Waals surface area contributed by atoms with Crippen LogP contribution in [0.5, 0.6) is 0 Å². The molecule has 0 bridgehead atoms. The van der Waals surface area contributed by atoms with Crippen molar-refractivity contribution < 1.29 is 4.79 Å². The van der Waals surface area contributed by atoms with Gasteiger partial charge in [-0.3, -0.25) is 9.78 Å². The molecule has 0 aliphatic carbocycles. The molecule has 0 spiro atoms. The third-order valence-electron chi connectivity index (χ3n) is 2.14. The number of hydrogen-bond donors (Lipinski definition) is 2. The minimum atomic E-state index is -0.288. The zero-order valence-electron chi connectivity index (χ0n) is 8.85. The molecular formula is C12H10BrN3O. The summed E-state index contributed by atoms with van der Waals surface area (Å²) in [4.78, 5) is 15.8. The van der Waals surface area contributed by atoms with E-state index in [1.807, 2.05) is 18.2 Å². The number of nitrogen functional groups attached to an aromatic ring is 1. The van der Waals surface area contributed by atoms with Crippen molar-refractivity contribution in [1.29, 1.82) is 0 Å². The summed E-state index contributed by atoms with van der Waals surface area (Å²) < 4.78 is 0.817. The van der Waals surface area contributed by atoms with E-state index in [4.69, 9.17) is 5.73 Å². The quantitative estimate of drug-likeness (QED) is 0.894. The van der Waals surface area contributed by atoms with Crippen LogP contribution in [0.4, 0.5) is 11.4 Å². The van der Waals surface area contributed by atoms with Crippen molar-refractivity contribution in [3.8, 4) is 0 Å². The Balaban J connectivity index is 2.20. The summed E-state index contributed by atoms with van der Waals surface area (Å²) in [7, 11) is 0. The highest BCUT2D eigenvalue weighted by molar-refractivity contribution is 9.10. The fraction of sp³-hybridized carbons (Fsp3) is 0. The second-order valence-corrected chi connectivity index (χ2v) is 4.26. The Labute approximate surface area is 107 Å². The zero-order valence-corrected chi connectivity index (χ0v) is 10.4. The molecule has 2 aromatic rings. The predicted octanol–water partition coefficient (Wildman–Crippen LogP) is 2.68. The van der Waals surface area contributed by atoms with Gasteiger partial charge in [0.2, 0.25) is 0 Å². The van der Waals surface area contributed by atoms with Gasteiger partial charge in [0, 0.05) is 16.4 Å². The lowest BCUT2D eigenvalue weighted by Crippen LogP contribution is -2.14. The van der Waals surface area contributed by atoms with E-state index in [2.05, 4.69) is 26.2 Å². The molecule has 5 heteroatoms. The van der Waals surface area contributed by atoms with Crippen LogP contribution in [0, 0.1) is 0 Å². The monoisotopic (exact) mass is 291 g/mol. The number of pyridine rings is 1. The maximum Gasteiger partial charge on any atom is 0.274 e. The molecule has 0 atom stereocenters. The fourth-order valence-corrected chi connectivity index (χ4v) is 1.70. The maximum absolute atomic E-state index is 11.9. The van der Waals surface area contributed by atoms with Crippen LogP contribution >= 0.6 is 15.9 Å². The summed E-state index contributed by atoms with van der Waals surface area (Å²) in [6.07, 6.45) is 1.50. The number of nitrogens with zero attached hydrogens (tertiary/aromatic N) is 1. The molecule has 2 rings (SSSR count). The third-order valence-corrected chi connectivity index (χ3v) is 2.83. The second-order valence-electron chi connectivity index (χ2n) is 3.41. The molecule has 0 aliphatic rings. The Bertz CT molecular complexity index is 557. The summed E-state index contributed by atoms with van der Waals surface area (Å²) in [5.74, 6) is -0.288. The van der Waals surface area contributed by atoms with Crippen molar-refractivity contribution in [3.05, 3.63) is 52.8 Å². The predicted molar refractivity (Wildman–Crippen MR) is 70.7 cm³/mol. The van der Waals surface area contributed by atoms with Crippen LogP contribution in [0.15, 0.2) is 47.1 Å². The lowest BCUT2D eigenvalue weighted by molar-refractivity contribution is 0.102. The van der Waals surface area contributed by atoms with Crippen LogP contribution in [0.3, 0.4) is 0 Å². The van der Waals surface area contributed by atoms with Crippen LogP contribution in [0.25, 0.3) is 0 Å². The highest BCUT2D eigenvalue weighted by Crippen LogP contribution is 2.21. The van der Waals surface area contributed by atoms with Crippen molar-refractivity contribution in [2.75, 3.05) is 11.1 Å². The molecule has 1 heterocycles. The van der Waals surface area contributed by atoms with Gasteiger partial charge in [0.1, 0.15) is 5.69 Å². The number of para-hydroxylation sites is 1. The number of aromatic nitrogens is 1. The van der Waals surface area contributed by atoms with Crippen LogP contribution in [-0.4, -0.2) is 10.9 Å². The number of carbonyl (C=O) groups is 1. The summed E-state index contributed by atoms with van der Waals surface area (Å²) in [6.45, 7) is 0. The summed E-state index contributed by atoms with van der Waals surface area (Å²) in [6, 6.07) is 10.5. The smallest absolute Gasteiger partial charge is 0.274 e. The number of carbonyl (C=O) groups excluding carboxylic acids is 1. The first-order chi connectivity index (χ1) is 8.16. The average Bonchev–Trinajstić information content (AvgIpc) is 2.32. The van der Waals surface area contributed by atoms with Crippen molar-refractivity contribution in [3.63, 3.8) is 0 Å². The molecule has 0 saturated heterocycles. The number of amides is 1. The van der Waals surface area contributed by atoms with E-state index in [9.17, 15) is 4.79 Å². The van der Waals surface area contributed by atoms with Gasteiger partial charge in [0.05, 0.1) is 5.69 Å². The normalized spacial score (nSPS) is 9.94. The Morgan fingerprint density at radius 2 is 2.06 bits per heavy atom. The number of nitrogens with two attached hydrogens (primary N) is 1. The Hall–Kier alpha value is -1.88. The van der Waals surface area contributed by atoms with Crippen molar-refractivity contribution in [2.45, 2.75) is 0 Å². The SMILES string of the molecule is Nc1ccnc(C(=O)Nc2ccccc2Br)c1. The van der Waals surface area contributed by atoms with E-state index in [1.165, 1.54) is 12.3 Å². The molecule has 3 N–H and O–H groups in total. The number of halogens is 1. The third kappa shape index (κ3) is 2.82. The molecule has 1 aromatic heterocycles. The van der Waals surface area contributed by atoms with Crippen LogP contribution in [-0.2, 0) is 0 Å². The lowest BCUT2D eigenvalue weighted by atomic mass is 10.3. The summed E-state index contributed by atoms with van der Waals surface area (Å²) in [5.41, 5.74) is 7.09. The van der Waals surface area contributed by atoms with Gasteiger partial charge in [-0.05, 0) is 40.2 Å². The largest absolute Gasteiger partial charge is 0.399 e. The number of hydrogen-bond acceptors (Lipinski definition) is 3. The van der Waals surface area contributed by atoms with Crippen LogP contribution in [0.1, 0.15) is 10.5 Å². The highest BCUT2D eigenvalue weighted by atomic mass is 79.9. The van der Waals surface area contributed by atoms with E-state index in [0.29, 0.717) is 17.1 Å². The van der Waals surface area contributed by atoms with Gasteiger partial charge in [-0.2, -0.15) is 0 Å². The summed E-state index contributed by atoms with van der Waals surface area (Å²) in [5, 5.41) is 2.75. The maximum atomic E-state index is 11.9. The topological polar surface area (TPSA) is 68.0 Å². The summed E-state index contributed by atoms with van der Waals surface area (Å²) >= 11 is 3.35. The number of anilines is 2. The number of nitrogens with one attached hydrogen (secondary N) is 1. The molecule has 0 radical (unpaired) electrons. The Morgan fingerprint density at radius 1 is 1.29 bits per heavy atom. The zero-order chi connectivity index (χ0) is 12.3. The van der Waals surface area contributed by atoms with Gasteiger partial charge in [0.15, 0.2) is 0 Å². The average molecular weight is 292 g/mol. The van der Waals surface area contributed by atoms with E-state index < -0.39 is 0 Å². The number of rotatable bonds is 2. The van der Waals surface area contributed by atoms with Gasteiger partial charge in [0.25, 0.3) is 5.91 Å². The van der Waals surface area contributed by atoms with Crippen molar-refractivity contribution in [1.82, 2.24) is 4.98 Å². The van der Waals surface area contributed by atoms with Gasteiger partial charge in [-0.1, -0.05) is 12.1 Å². The molecule has 17 heavy (non-hydrogen) atoms. The van der Waals surface area contributed by atoms with E-state index >= 15 is 0 Å². The molecule has 0 aliphatic heterocycles. The Morgan fingerprint density at radius 3 is 2.76 bits per heavy atom. The van der Waals surface area contributed by atoms with Gasteiger partial charge < -0.3 is 11.1 Å². The lowest BCUT2D eigenvalue weighted by Gasteiger charge is -2.06.